The number of aryl methyl sites for hydroxylation is 1. The number of fused-ring (bicyclic) bond motifs is 1. The number of benzene rings is 1. The lowest BCUT2D eigenvalue weighted by Gasteiger charge is -2.34. The molecule has 0 saturated carbocycles. The summed E-state index contributed by atoms with van der Waals surface area (Å²) >= 11 is 0. The molecule has 1 aliphatic rings. The monoisotopic (exact) mass is 392 g/mol. The Hall–Kier alpha value is -2.94. The van der Waals surface area contributed by atoms with Crippen LogP contribution in [0.25, 0.3) is 10.9 Å². The molecule has 1 aliphatic heterocycles. The van der Waals surface area contributed by atoms with Crippen LogP contribution in [0.2, 0.25) is 0 Å². The highest BCUT2D eigenvalue weighted by atomic mass is 19.1. The van der Waals surface area contributed by atoms with Gasteiger partial charge in [0.1, 0.15) is 11.9 Å². The van der Waals surface area contributed by atoms with Gasteiger partial charge in [-0.2, -0.15) is 0 Å². The van der Waals surface area contributed by atoms with Gasteiger partial charge in [0.15, 0.2) is 0 Å². The number of carboxylic acids is 3. The highest BCUT2D eigenvalue weighted by molar-refractivity contribution is 5.90. The van der Waals surface area contributed by atoms with Crippen LogP contribution in [-0.2, 0) is 20.9 Å². The maximum absolute atomic E-state index is 13.8. The van der Waals surface area contributed by atoms with Gasteiger partial charge in [-0.25, -0.2) is 4.39 Å². The molecule has 0 aliphatic carbocycles. The molecule has 2 atom stereocenters. The summed E-state index contributed by atoms with van der Waals surface area (Å²) in [5.41, 5.74) is 0.813. The van der Waals surface area contributed by atoms with E-state index in [1.807, 2.05) is 0 Å². The lowest BCUT2D eigenvalue weighted by molar-refractivity contribution is -0.149. The van der Waals surface area contributed by atoms with Gasteiger partial charge in [-0.05, 0) is 37.6 Å². The molecular formula is C19H21FN2O6. The van der Waals surface area contributed by atoms with Crippen LogP contribution in [0.5, 0.6) is 0 Å². The maximum atomic E-state index is 13.8. The Balaban J connectivity index is 2.04. The molecule has 28 heavy (non-hydrogen) atoms. The zero-order chi connectivity index (χ0) is 20.4. The molecule has 9 heteroatoms. The number of hydrogen-bond acceptors (Lipinski definition) is 4. The summed E-state index contributed by atoms with van der Waals surface area (Å²) in [6.07, 6.45) is 2.40. The Kier molecular flexibility index (Phi) is 5.64. The number of rotatable bonds is 7. The zero-order valence-corrected chi connectivity index (χ0v) is 15.0. The summed E-state index contributed by atoms with van der Waals surface area (Å²) in [7, 11) is 0. The van der Waals surface area contributed by atoms with Gasteiger partial charge in [0.2, 0.25) is 0 Å². The van der Waals surface area contributed by atoms with Crippen LogP contribution in [0.15, 0.2) is 24.4 Å². The predicted molar refractivity (Wildman–Crippen MR) is 96.5 cm³/mol. The van der Waals surface area contributed by atoms with Crippen LogP contribution < -0.4 is 0 Å². The minimum absolute atomic E-state index is 0.0688. The predicted octanol–water partition coefficient (Wildman–Crippen LogP) is 2.18. The number of carbonyl (C=O) groups is 3. The lowest BCUT2D eigenvalue weighted by Crippen LogP contribution is -2.43. The van der Waals surface area contributed by atoms with Crippen LogP contribution in [0.3, 0.4) is 0 Å². The molecule has 1 saturated heterocycles. The zero-order valence-electron chi connectivity index (χ0n) is 15.0. The Labute approximate surface area is 159 Å². The lowest BCUT2D eigenvalue weighted by atomic mass is 9.94. The number of carboxylic acid groups (broad SMARTS) is 3. The van der Waals surface area contributed by atoms with Crippen molar-refractivity contribution < 1.29 is 34.1 Å². The van der Waals surface area contributed by atoms with Crippen LogP contribution in [0.4, 0.5) is 4.39 Å². The van der Waals surface area contributed by atoms with Gasteiger partial charge < -0.3 is 19.9 Å². The highest BCUT2D eigenvalue weighted by Gasteiger charge is 2.35. The fourth-order valence-corrected chi connectivity index (χ4v) is 3.84. The molecule has 0 amide bonds. The van der Waals surface area contributed by atoms with E-state index in [0.717, 1.165) is 0 Å². The third kappa shape index (κ3) is 3.99. The number of hydrogen-bond donors (Lipinski definition) is 3. The molecule has 1 aromatic carbocycles. The van der Waals surface area contributed by atoms with E-state index < -0.39 is 35.7 Å². The van der Waals surface area contributed by atoms with Crippen molar-refractivity contribution in [3.05, 3.63) is 35.8 Å². The molecule has 150 valence electrons. The first-order valence-corrected chi connectivity index (χ1v) is 8.97. The molecule has 0 unspecified atom stereocenters. The van der Waals surface area contributed by atoms with E-state index >= 15 is 0 Å². The summed E-state index contributed by atoms with van der Waals surface area (Å²) < 4.78 is 15.3. The molecule has 1 fully saturated rings. The minimum Gasteiger partial charge on any atom is -0.481 e. The summed E-state index contributed by atoms with van der Waals surface area (Å²) in [5.74, 6) is -4.26. The van der Waals surface area contributed by atoms with Crippen molar-refractivity contribution >= 4 is 28.8 Å². The average Bonchev–Trinajstić information content (AvgIpc) is 2.97. The van der Waals surface area contributed by atoms with E-state index in [9.17, 15) is 29.0 Å². The van der Waals surface area contributed by atoms with Gasteiger partial charge in [0.25, 0.3) is 0 Å². The summed E-state index contributed by atoms with van der Waals surface area (Å²) in [6.45, 7) is 0.610. The third-order valence-electron chi connectivity index (χ3n) is 5.14. The topological polar surface area (TPSA) is 120 Å². The number of aromatic nitrogens is 1. The summed E-state index contributed by atoms with van der Waals surface area (Å²) in [5, 5.41) is 28.6. The van der Waals surface area contributed by atoms with Crippen molar-refractivity contribution in [1.82, 2.24) is 9.47 Å². The molecular weight excluding hydrogens is 371 g/mol. The first-order valence-electron chi connectivity index (χ1n) is 8.97. The van der Waals surface area contributed by atoms with E-state index in [2.05, 4.69) is 0 Å². The van der Waals surface area contributed by atoms with Gasteiger partial charge in [0.05, 0.1) is 17.9 Å². The van der Waals surface area contributed by atoms with Crippen molar-refractivity contribution in [2.75, 3.05) is 13.1 Å². The minimum atomic E-state index is -1.13. The fourth-order valence-electron chi connectivity index (χ4n) is 3.84. The SMILES string of the molecule is O=C(O)CCn1cc([C@@H](C(=O)O)N2CCC[C@@H](C(=O)O)C2)c2ccc(F)cc21. The summed E-state index contributed by atoms with van der Waals surface area (Å²) in [4.78, 5) is 36.0. The second-order valence-corrected chi connectivity index (χ2v) is 7.00. The van der Waals surface area contributed by atoms with Crippen molar-refractivity contribution in [3.63, 3.8) is 0 Å². The van der Waals surface area contributed by atoms with E-state index in [4.69, 9.17) is 5.11 Å². The number of nitrogens with zero attached hydrogens (tertiary/aromatic N) is 2. The second kappa shape index (κ2) is 7.97. The molecule has 2 aromatic rings. The first-order chi connectivity index (χ1) is 13.3. The number of halogens is 1. The van der Waals surface area contributed by atoms with Crippen LogP contribution >= 0.6 is 0 Å². The van der Waals surface area contributed by atoms with Crippen molar-refractivity contribution in [3.8, 4) is 0 Å². The van der Waals surface area contributed by atoms with Gasteiger partial charge in [-0.3, -0.25) is 19.3 Å². The summed E-state index contributed by atoms with van der Waals surface area (Å²) in [6, 6.07) is 2.85. The van der Waals surface area contributed by atoms with Crippen LogP contribution in [0, 0.1) is 11.7 Å². The maximum Gasteiger partial charge on any atom is 0.325 e. The largest absolute Gasteiger partial charge is 0.481 e. The second-order valence-electron chi connectivity index (χ2n) is 7.00. The van der Waals surface area contributed by atoms with Crippen LogP contribution in [-0.4, -0.2) is 55.8 Å². The third-order valence-corrected chi connectivity index (χ3v) is 5.14. The van der Waals surface area contributed by atoms with Crippen molar-refractivity contribution in [2.45, 2.75) is 31.8 Å². The highest BCUT2D eigenvalue weighted by Crippen LogP contribution is 2.34. The Bertz CT molecular complexity index is 925. The molecule has 2 heterocycles. The number of aliphatic carboxylic acids is 3. The van der Waals surface area contributed by atoms with Crippen molar-refractivity contribution in [1.29, 1.82) is 0 Å². The van der Waals surface area contributed by atoms with Crippen molar-refractivity contribution in [2.24, 2.45) is 5.92 Å². The number of likely N-dealkylation sites (tertiary alicyclic amines) is 1. The fraction of sp³-hybridized carbons (Fsp3) is 0.421. The van der Waals surface area contributed by atoms with Gasteiger partial charge in [0, 0.05) is 30.2 Å². The Morgan fingerprint density at radius 2 is 1.96 bits per heavy atom. The Morgan fingerprint density at radius 3 is 2.61 bits per heavy atom. The molecule has 0 radical (unpaired) electrons. The van der Waals surface area contributed by atoms with E-state index in [0.29, 0.717) is 35.9 Å². The standard InChI is InChI=1S/C19H21FN2O6/c20-12-3-4-13-14(10-21(15(13)8-12)7-5-16(23)24)17(19(27)28)22-6-1-2-11(9-22)18(25)26/h3-4,8,10-11,17H,1-2,5-7,9H2,(H,23,24)(H,25,26)(H,27,28)/t11-,17+/m1/s1. The quantitative estimate of drug-likeness (QED) is 0.660. The smallest absolute Gasteiger partial charge is 0.325 e. The van der Waals surface area contributed by atoms with E-state index in [-0.39, 0.29) is 19.5 Å². The molecule has 3 N–H and O–H groups in total. The molecule has 8 nitrogen and oxygen atoms in total. The van der Waals surface area contributed by atoms with Gasteiger partial charge in [-0.15, -0.1) is 0 Å². The van der Waals surface area contributed by atoms with E-state index in [1.54, 1.807) is 4.90 Å². The van der Waals surface area contributed by atoms with Crippen LogP contribution in [0.1, 0.15) is 30.9 Å². The average molecular weight is 392 g/mol. The Morgan fingerprint density at radius 1 is 1.21 bits per heavy atom. The number of piperidine rings is 1. The molecule has 0 spiro atoms. The van der Waals surface area contributed by atoms with Gasteiger partial charge >= 0.3 is 17.9 Å². The molecule has 1 aromatic heterocycles. The molecule has 3 rings (SSSR count). The molecule has 0 bridgehead atoms. The normalized spacial score (nSPS) is 18.8. The van der Waals surface area contributed by atoms with Gasteiger partial charge in [-0.1, -0.05) is 0 Å². The first kappa shape index (κ1) is 19.8. The van der Waals surface area contributed by atoms with E-state index in [1.165, 1.54) is 29.0 Å².